The lowest BCUT2D eigenvalue weighted by atomic mass is 9.98. The monoisotopic (exact) mass is 304 g/mol. The van der Waals surface area contributed by atoms with Gasteiger partial charge in [-0.3, -0.25) is 9.59 Å². The summed E-state index contributed by atoms with van der Waals surface area (Å²) in [6.07, 6.45) is 3.17. The van der Waals surface area contributed by atoms with Crippen LogP contribution >= 0.6 is 0 Å². The lowest BCUT2D eigenvalue weighted by molar-refractivity contribution is -0.126. The molecule has 114 valence electrons. The summed E-state index contributed by atoms with van der Waals surface area (Å²) in [5, 5.41) is 5.54. The minimum Gasteiger partial charge on any atom is -0.294 e. The van der Waals surface area contributed by atoms with Gasteiger partial charge in [0.15, 0.2) is 5.78 Å². The maximum Gasteiger partial charge on any atom is 0.264 e. The second-order valence-electron chi connectivity index (χ2n) is 5.31. The standard InChI is InChI=1S/C19H16N2O2/c1-14-18(17(22)13-12-15-8-4-2-5-9-15)19(23)21(20-14)16-10-6-3-7-11-16/h2-13,18H,1H3/b13-12+. The number of hydrogen-bond acceptors (Lipinski definition) is 3. The molecule has 23 heavy (non-hydrogen) atoms. The highest BCUT2D eigenvalue weighted by Gasteiger charge is 2.38. The van der Waals surface area contributed by atoms with Gasteiger partial charge in [0.25, 0.3) is 5.91 Å². The number of allylic oxidation sites excluding steroid dienone is 1. The van der Waals surface area contributed by atoms with Crippen LogP contribution in [0.2, 0.25) is 0 Å². The number of carbonyl (C=O) groups excluding carboxylic acids is 2. The van der Waals surface area contributed by atoms with E-state index in [9.17, 15) is 9.59 Å². The number of carbonyl (C=O) groups is 2. The van der Waals surface area contributed by atoms with Crippen molar-refractivity contribution in [3.63, 3.8) is 0 Å². The van der Waals surface area contributed by atoms with Gasteiger partial charge in [0, 0.05) is 0 Å². The Bertz CT molecular complexity index is 780. The minimum atomic E-state index is -0.838. The van der Waals surface area contributed by atoms with Gasteiger partial charge < -0.3 is 0 Å². The van der Waals surface area contributed by atoms with Gasteiger partial charge in [-0.15, -0.1) is 0 Å². The van der Waals surface area contributed by atoms with Crippen molar-refractivity contribution in [2.75, 3.05) is 5.01 Å². The van der Waals surface area contributed by atoms with E-state index in [0.717, 1.165) is 5.56 Å². The van der Waals surface area contributed by atoms with E-state index in [0.29, 0.717) is 11.4 Å². The molecule has 1 atom stereocenters. The van der Waals surface area contributed by atoms with E-state index in [1.807, 2.05) is 48.5 Å². The number of nitrogens with zero attached hydrogens (tertiary/aromatic N) is 2. The van der Waals surface area contributed by atoms with Gasteiger partial charge in [-0.2, -0.15) is 10.1 Å². The molecular formula is C19H16N2O2. The van der Waals surface area contributed by atoms with Gasteiger partial charge in [-0.05, 0) is 30.7 Å². The fourth-order valence-corrected chi connectivity index (χ4v) is 2.49. The Morgan fingerprint density at radius 2 is 1.65 bits per heavy atom. The molecular weight excluding hydrogens is 288 g/mol. The molecule has 0 N–H and O–H groups in total. The van der Waals surface area contributed by atoms with Crippen LogP contribution in [0.4, 0.5) is 5.69 Å². The Balaban J connectivity index is 1.79. The number of anilines is 1. The molecule has 4 nitrogen and oxygen atoms in total. The van der Waals surface area contributed by atoms with Crippen LogP contribution < -0.4 is 5.01 Å². The summed E-state index contributed by atoms with van der Waals surface area (Å²) in [7, 11) is 0. The van der Waals surface area contributed by atoms with Gasteiger partial charge in [0.05, 0.1) is 11.4 Å². The summed E-state index contributed by atoms with van der Waals surface area (Å²) >= 11 is 0. The summed E-state index contributed by atoms with van der Waals surface area (Å²) in [5.74, 6) is -1.40. The van der Waals surface area contributed by atoms with Crippen LogP contribution in [-0.2, 0) is 9.59 Å². The molecule has 0 bridgehead atoms. The van der Waals surface area contributed by atoms with Crippen molar-refractivity contribution in [2.24, 2.45) is 11.0 Å². The fourth-order valence-electron chi connectivity index (χ4n) is 2.49. The number of para-hydroxylation sites is 1. The highest BCUT2D eigenvalue weighted by atomic mass is 16.2. The third-order valence-electron chi connectivity index (χ3n) is 3.66. The number of hydrazone groups is 1. The second-order valence-corrected chi connectivity index (χ2v) is 5.31. The van der Waals surface area contributed by atoms with Crippen LogP contribution in [0.15, 0.2) is 71.8 Å². The first-order valence-corrected chi connectivity index (χ1v) is 7.38. The highest BCUT2D eigenvalue weighted by molar-refractivity contribution is 6.29. The molecule has 1 amide bonds. The van der Waals surface area contributed by atoms with Crippen molar-refractivity contribution in [1.29, 1.82) is 0 Å². The van der Waals surface area contributed by atoms with E-state index >= 15 is 0 Å². The van der Waals surface area contributed by atoms with Crippen LogP contribution in [-0.4, -0.2) is 17.4 Å². The molecule has 0 spiro atoms. The van der Waals surface area contributed by atoms with Crippen LogP contribution in [0.3, 0.4) is 0 Å². The third-order valence-corrected chi connectivity index (χ3v) is 3.66. The predicted octanol–water partition coefficient (Wildman–Crippen LogP) is 3.31. The van der Waals surface area contributed by atoms with Crippen LogP contribution in [0.25, 0.3) is 6.08 Å². The smallest absolute Gasteiger partial charge is 0.264 e. The first-order valence-electron chi connectivity index (χ1n) is 7.38. The first-order chi connectivity index (χ1) is 11.2. The van der Waals surface area contributed by atoms with Crippen molar-refractivity contribution >= 4 is 29.2 Å². The molecule has 0 fully saturated rings. The topological polar surface area (TPSA) is 49.7 Å². The highest BCUT2D eigenvalue weighted by Crippen LogP contribution is 2.24. The number of hydrogen-bond donors (Lipinski definition) is 0. The number of amides is 1. The molecule has 1 aliphatic heterocycles. The maximum atomic E-state index is 12.5. The lowest BCUT2D eigenvalue weighted by Crippen LogP contribution is -2.31. The molecule has 0 saturated carbocycles. The van der Waals surface area contributed by atoms with Gasteiger partial charge in [-0.25, -0.2) is 0 Å². The average molecular weight is 304 g/mol. The molecule has 1 heterocycles. The normalized spacial score (nSPS) is 17.6. The van der Waals surface area contributed by atoms with Crippen LogP contribution in [0.1, 0.15) is 12.5 Å². The van der Waals surface area contributed by atoms with Crippen LogP contribution in [0, 0.1) is 5.92 Å². The molecule has 2 aromatic carbocycles. The molecule has 4 heteroatoms. The molecule has 0 aliphatic carbocycles. The fraction of sp³-hybridized carbons (Fsp3) is 0.105. The summed E-state index contributed by atoms with van der Waals surface area (Å²) in [5.41, 5.74) is 2.10. The minimum absolute atomic E-state index is 0.251. The Kier molecular flexibility index (Phi) is 4.15. The summed E-state index contributed by atoms with van der Waals surface area (Å²) in [6, 6.07) is 18.6. The lowest BCUT2D eigenvalue weighted by Gasteiger charge is -2.12. The zero-order chi connectivity index (χ0) is 16.2. The molecule has 0 saturated heterocycles. The average Bonchev–Trinajstić information content (AvgIpc) is 2.89. The number of ketones is 1. The molecule has 1 unspecified atom stereocenters. The zero-order valence-corrected chi connectivity index (χ0v) is 12.7. The zero-order valence-electron chi connectivity index (χ0n) is 12.7. The Morgan fingerprint density at radius 1 is 1.04 bits per heavy atom. The van der Waals surface area contributed by atoms with Gasteiger partial charge >= 0.3 is 0 Å². The van der Waals surface area contributed by atoms with Gasteiger partial charge in [0.1, 0.15) is 5.92 Å². The second kappa shape index (κ2) is 6.40. The van der Waals surface area contributed by atoms with E-state index in [1.165, 1.54) is 11.1 Å². The molecule has 0 aromatic heterocycles. The van der Waals surface area contributed by atoms with Crippen molar-refractivity contribution in [2.45, 2.75) is 6.92 Å². The molecule has 0 radical (unpaired) electrons. The van der Waals surface area contributed by atoms with Crippen molar-refractivity contribution in [3.8, 4) is 0 Å². The number of benzene rings is 2. The van der Waals surface area contributed by atoms with Crippen molar-refractivity contribution in [1.82, 2.24) is 0 Å². The van der Waals surface area contributed by atoms with E-state index in [4.69, 9.17) is 0 Å². The first kappa shape index (κ1) is 14.9. The summed E-state index contributed by atoms with van der Waals surface area (Å²) < 4.78 is 0. The van der Waals surface area contributed by atoms with Gasteiger partial charge in [-0.1, -0.05) is 54.6 Å². The summed E-state index contributed by atoms with van der Waals surface area (Å²) in [4.78, 5) is 24.9. The predicted molar refractivity (Wildman–Crippen MR) is 91.0 cm³/mol. The molecule has 1 aliphatic rings. The van der Waals surface area contributed by atoms with Crippen molar-refractivity contribution < 1.29 is 9.59 Å². The van der Waals surface area contributed by atoms with E-state index in [1.54, 1.807) is 25.1 Å². The Labute approximate surface area is 134 Å². The Hall–Kier alpha value is -3.01. The number of rotatable bonds is 4. The molecule has 3 rings (SSSR count). The molecule has 2 aromatic rings. The maximum absolute atomic E-state index is 12.5. The third kappa shape index (κ3) is 3.11. The van der Waals surface area contributed by atoms with E-state index < -0.39 is 5.92 Å². The van der Waals surface area contributed by atoms with Gasteiger partial charge in [0.2, 0.25) is 0 Å². The van der Waals surface area contributed by atoms with Crippen molar-refractivity contribution in [3.05, 3.63) is 72.3 Å². The summed E-state index contributed by atoms with van der Waals surface area (Å²) in [6.45, 7) is 1.71. The SMILES string of the molecule is CC1=NN(c2ccccc2)C(=O)C1C(=O)/C=C/c1ccccc1. The largest absolute Gasteiger partial charge is 0.294 e. The van der Waals surface area contributed by atoms with E-state index in [-0.39, 0.29) is 11.7 Å². The van der Waals surface area contributed by atoms with Crippen LogP contribution in [0.5, 0.6) is 0 Å². The Morgan fingerprint density at radius 3 is 2.30 bits per heavy atom. The van der Waals surface area contributed by atoms with E-state index in [2.05, 4.69) is 5.10 Å². The quantitative estimate of drug-likeness (QED) is 0.643.